The molecule has 1 aliphatic heterocycles. The molecular weight excluding hydrogens is 427 g/mol. The molecule has 0 bridgehead atoms. The number of aliphatic hydroxyl groups excluding tert-OH is 1. The second-order valence-electron chi connectivity index (χ2n) is 6.86. The summed E-state index contributed by atoms with van der Waals surface area (Å²) in [6.07, 6.45) is 0.278. The van der Waals surface area contributed by atoms with Gasteiger partial charge in [0, 0.05) is 35.7 Å². The van der Waals surface area contributed by atoms with Crippen molar-refractivity contribution < 1.29 is 23.1 Å². The number of piperidine rings is 1. The van der Waals surface area contributed by atoms with Gasteiger partial charge in [0.25, 0.3) is 5.91 Å². The minimum Gasteiger partial charge on any atom is -0.393 e. The lowest BCUT2D eigenvalue weighted by Gasteiger charge is -2.33. The minimum atomic E-state index is -1.64. The van der Waals surface area contributed by atoms with Crippen LogP contribution in [0.2, 0.25) is 5.02 Å². The quantitative estimate of drug-likeness (QED) is 0.245. The number of benzene rings is 2. The number of rotatable bonds is 4. The third-order valence-electron chi connectivity index (χ3n) is 4.69. The first-order valence-electron chi connectivity index (χ1n) is 8.81. The van der Waals surface area contributed by atoms with Gasteiger partial charge in [-0.2, -0.15) is 0 Å². The van der Waals surface area contributed by atoms with Crippen LogP contribution >= 0.6 is 23.5 Å². The highest BCUT2D eigenvalue weighted by molar-refractivity contribution is 7.97. The Labute approximate surface area is 175 Å². The molecule has 10 heteroatoms. The van der Waals surface area contributed by atoms with Gasteiger partial charge in [-0.25, -0.2) is 28.3 Å². The minimum absolute atomic E-state index is 0.0997. The lowest BCUT2D eigenvalue weighted by atomic mass is 9.99. The summed E-state index contributed by atoms with van der Waals surface area (Å²) >= 11 is 7.60. The van der Waals surface area contributed by atoms with Crippen LogP contribution in [0.15, 0.2) is 35.2 Å². The van der Waals surface area contributed by atoms with Crippen molar-refractivity contribution in [3.63, 3.8) is 0 Å². The molecule has 0 radical (unpaired) electrons. The van der Waals surface area contributed by atoms with Gasteiger partial charge >= 0.3 is 0 Å². The van der Waals surface area contributed by atoms with E-state index < -0.39 is 23.4 Å². The molecule has 2 aromatic rings. The van der Waals surface area contributed by atoms with E-state index in [-0.39, 0.29) is 23.3 Å². The highest BCUT2D eigenvalue weighted by Gasteiger charge is 2.26. The second-order valence-corrected chi connectivity index (χ2v) is 8.40. The smallest absolute Gasteiger partial charge is 0.272 e. The molecule has 1 fully saturated rings. The summed E-state index contributed by atoms with van der Waals surface area (Å²) in [6.45, 7) is 3.26. The number of halogens is 4. The van der Waals surface area contributed by atoms with Gasteiger partial charge in [0.2, 0.25) is 0 Å². The number of carbonyl (C=O) groups excluding carboxylic acids is 1. The molecule has 2 aromatic carbocycles. The molecule has 1 heterocycles. The number of amides is 1. The van der Waals surface area contributed by atoms with Gasteiger partial charge in [-0.1, -0.05) is 18.5 Å². The Morgan fingerprint density at radius 3 is 2.55 bits per heavy atom. The van der Waals surface area contributed by atoms with Crippen molar-refractivity contribution in [3.05, 3.63) is 58.4 Å². The van der Waals surface area contributed by atoms with Crippen LogP contribution in [0.1, 0.15) is 23.7 Å². The van der Waals surface area contributed by atoms with Gasteiger partial charge in [-0.05, 0) is 42.5 Å². The Bertz CT molecular complexity index is 911. The summed E-state index contributed by atoms with van der Waals surface area (Å²) in [4.78, 5) is 13.3. The molecule has 3 rings (SSSR count). The van der Waals surface area contributed by atoms with Crippen LogP contribution < -0.4 is 10.9 Å². The third-order valence-corrected chi connectivity index (χ3v) is 6.26. The fourth-order valence-corrected chi connectivity index (χ4v) is 4.30. The van der Waals surface area contributed by atoms with Crippen LogP contribution in [0, 0.1) is 23.4 Å². The predicted octanol–water partition coefficient (Wildman–Crippen LogP) is 3.99. The van der Waals surface area contributed by atoms with Gasteiger partial charge in [0.05, 0.1) is 16.8 Å². The highest BCUT2D eigenvalue weighted by atomic mass is 35.5. The number of nitrogens with zero attached hydrogens (tertiary/aromatic N) is 2. The van der Waals surface area contributed by atoms with E-state index in [9.17, 15) is 23.1 Å². The maximum Gasteiger partial charge on any atom is 0.272 e. The lowest BCUT2D eigenvalue weighted by Crippen LogP contribution is -2.38. The standard InChI is InChI=1S/C19H19ClF3N3O2S/c1-10-9-25(5-4-16(10)27)29-17-6-11(2-3-13(17)20)19(28)26(24)12-7-14(21)18(23)15(22)8-12/h2-3,6-8,10,16,27H,4-5,9,24H2,1H3. The van der Waals surface area contributed by atoms with Crippen LogP contribution in [-0.2, 0) is 0 Å². The van der Waals surface area contributed by atoms with E-state index in [0.717, 1.165) is 0 Å². The molecule has 1 amide bonds. The molecule has 29 heavy (non-hydrogen) atoms. The monoisotopic (exact) mass is 445 g/mol. The maximum atomic E-state index is 13.5. The van der Waals surface area contributed by atoms with Gasteiger partial charge < -0.3 is 5.11 Å². The zero-order chi connectivity index (χ0) is 21.3. The van der Waals surface area contributed by atoms with Crippen molar-refractivity contribution >= 4 is 35.1 Å². The lowest BCUT2D eigenvalue weighted by molar-refractivity contribution is 0.0659. The first-order chi connectivity index (χ1) is 13.7. The summed E-state index contributed by atoms with van der Waals surface area (Å²) in [5, 5.41) is 10.8. The first-order valence-corrected chi connectivity index (χ1v) is 9.96. The van der Waals surface area contributed by atoms with Crippen molar-refractivity contribution in [1.29, 1.82) is 0 Å². The Hall–Kier alpha value is -1.78. The van der Waals surface area contributed by atoms with Crippen LogP contribution in [0.4, 0.5) is 18.9 Å². The van der Waals surface area contributed by atoms with E-state index in [4.69, 9.17) is 17.4 Å². The average molecular weight is 446 g/mol. The van der Waals surface area contributed by atoms with Crippen LogP contribution in [0.25, 0.3) is 0 Å². The SMILES string of the molecule is CC1CN(Sc2cc(C(=O)N(N)c3cc(F)c(F)c(F)c3)ccc2Cl)CCC1O. The maximum absolute atomic E-state index is 13.5. The second kappa shape index (κ2) is 8.93. The average Bonchev–Trinajstić information content (AvgIpc) is 2.69. The molecule has 3 N–H and O–H groups in total. The number of aliphatic hydroxyl groups is 1. The zero-order valence-electron chi connectivity index (χ0n) is 15.4. The number of anilines is 1. The Morgan fingerprint density at radius 1 is 1.28 bits per heavy atom. The van der Waals surface area contributed by atoms with Crippen molar-refractivity contribution in [2.24, 2.45) is 11.8 Å². The van der Waals surface area contributed by atoms with E-state index >= 15 is 0 Å². The van der Waals surface area contributed by atoms with Crippen molar-refractivity contribution in [1.82, 2.24) is 4.31 Å². The topological polar surface area (TPSA) is 69.8 Å². The number of hydrogen-bond acceptors (Lipinski definition) is 5. The summed E-state index contributed by atoms with van der Waals surface area (Å²) in [5.41, 5.74) is -0.177. The molecule has 2 unspecified atom stereocenters. The molecule has 1 aliphatic rings. The van der Waals surface area contributed by atoms with E-state index in [0.29, 0.717) is 46.6 Å². The van der Waals surface area contributed by atoms with E-state index in [2.05, 4.69) is 0 Å². The van der Waals surface area contributed by atoms with Gasteiger partial charge in [-0.3, -0.25) is 4.79 Å². The van der Waals surface area contributed by atoms with E-state index in [1.165, 1.54) is 30.1 Å². The van der Waals surface area contributed by atoms with Crippen LogP contribution in [-0.4, -0.2) is 34.5 Å². The molecule has 5 nitrogen and oxygen atoms in total. The summed E-state index contributed by atoms with van der Waals surface area (Å²) in [7, 11) is 0. The number of hydrogen-bond donors (Lipinski definition) is 2. The van der Waals surface area contributed by atoms with Crippen LogP contribution in [0.5, 0.6) is 0 Å². The van der Waals surface area contributed by atoms with Crippen molar-refractivity contribution in [2.45, 2.75) is 24.3 Å². The van der Waals surface area contributed by atoms with E-state index in [1.54, 1.807) is 0 Å². The Balaban J connectivity index is 1.80. The summed E-state index contributed by atoms with van der Waals surface area (Å²) < 4.78 is 42.1. The molecule has 1 saturated heterocycles. The normalized spacial score (nSPS) is 20.0. The molecule has 0 aliphatic carbocycles. The zero-order valence-corrected chi connectivity index (χ0v) is 17.0. The molecule has 156 valence electrons. The Morgan fingerprint density at radius 2 is 1.93 bits per heavy atom. The number of carbonyl (C=O) groups is 1. The van der Waals surface area contributed by atoms with E-state index in [1.807, 2.05) is 11.2 Å². The first kappa shape index (κ1) is 21.9. The molecular formula is C19H19ClF3N3O2S. The molecule has 0 saturated carbocycles. The third kappa shape index (κ3) is 4.87. The van der Waals surface area contributed by atoms with Crippen LogP contribution in [0.3, 0.4) is 0 Å². The van der Waals surface area contributed by atoms with Crippen molar-refractivity contribution in [2.75, 3.05) is 18.1 Å². The molecule has 0 spiro atoms. The highest BCUT2D eigenvalue weighted by Crippen LogP contribution is 2.34. The Kier molecular flexibility index (Phi) is 6.75. The number of nitrogens with two attached hydrogens (primary N) is 1. The molecule has 0 aromatic heterocycles. The summed E-state index contributed by atoms with van der Waals surface area (Å²) in [6, 6.07) is 5.78. The largest absolute Gasteiger partial charge is 0.393 e. The fraction of sp³-hybridized carbons (Fsp3) is 0.316. The van der Waals surface area contributed by atoms with Crippen molar-refractivity contribution in [3.8, 4) is 0 Å². The fourth-order valence-electron chi connectivity index (χ4n) is 2.96. The van der Waals surface area contributed by atoms with Gasteiger partial charge in [0.15, 0.2) is 17.5 Å². The molecule has 2 atom stereocenters. The summed E-state index contributed by atoms with van der Waals surface area (Å²) in [5.74, 6) is 0.542. The number of hydrazine groups is 1. The van der Waals surface area contributed by atoms with Gasteiger partial charge in [-0.15, -0.1) is 0 Å². The predicted molar refractivity (Wildman–Crippen MR) is 106 cm³/mol. The van der Waals surface area contributed by atoms with Gasteiger partial charge in [0.1, 0.15) is 0 Å².